The molecule has 0 aromatic carbocycles. The summed E-state index contributed by atoms with van der Waals surface area (Å²) in [4.78, 5) is 30.2. The topological polar surface area (TPSA) is 94.2 Å². The van der Waals surface area contributed by atoms with Crippen molar-refractivity contribution < 1.29 is 4.79 Å². The van der Waals surface area contributed by atoms with Crippen LogP contribution in [0.4, 0.5) is 0 Å². The fraction of sp³-hybridized carbons (Fsp3) is 0.278. The molecular weight excluding hydrogens is 364 g/mol. The number of pyridine rings is 1. The molecule has 1 N–H and O–H groups in total. The van der Waals surface area contributed by atoms with Crippen LogP contribution in [-0.2, 0) is 13.5 Å². The van der Waals surface area contributed by atoms with Gasteiger partial charge in [0.15, 0.2) is 5.65 Å². The zero-order valence-corrected chi connectivity index (χ0v) is 15.8. The van der Waals surface area contributed by atoms with Gasteiger partial charge >= 0.3 is 0 Å². The van der Waals surface area contributed by atoms with E-state index in [1.807, 2.05) is 28.8 Å². The monoisotopic (exact) mass is 382 g/mol. The van der Waals surface area contributed by atoms with Crippen molar-refractivity contribution in [2.75, 3.05) is 6.54 Å². The number of fused-ring (bicyclic) bond motifs is 2. The molecule has 1 amide bonds. The zero-order valence-electron chi connectivity index (χ0n) is 15.0. The maximum absolute atomic E-state index is 12.5. The quantitative estimate of drug-likeness (QED) is 0.530. The van der Waals surface area contributed by atoms with Gasteiger partial charge in [0.2, 0.25) is 0 Å². The molecule has 9 heteroatoms. The average Bonchev–Trinajstić information content (AvgIpc) is 3.23. The number of hydrogen-bond acceptors (Lipinski definition) is 6. The van der Waals surface area contributed by atoms with Crippen LogP contribution in [0.15, 0.2) is 35.5 Å². The molecule has 0 fully saturated rings. The molecule has 4 aromatic rings. The number of nitrogens with one attached hydrogen (secondary N) is 1. The van der Waals surface area contributed by atoms with E-state index in [1.165, 1.54) is 22.2 Å². The minimum atomic E-state index is -0.177. The molecule has 138 valence electrons. The number of nitrogens with zero attached hydrogens (tertiary/aromatic N) is 5. The van der Waals surface area contributed by atoms with Gasteiger partial charge < -0.3 is 9.88 Å². The molecule has 0 saturated heterocycles. The SMILES string of the molecule is Cc1c(C(=O)NCCCc2nnc3ccccn23)sc2ncn(C)c(=O)c12. The second-order valence-corrected chi connectivity index (χ2v) is 7.30. The second-order valence-electron chi connectivity index (χ2n) is 6.30. The number of hydrogen-bond donors (Lipinski definition) is 1. The molecule has 0 aliphatic heterocycles. The van der Waals surface area contributed by atoms with E-state index >= 15 is 0 Å². The van der Waals surface area contributed by atoms with Crippen molar-refractivity contribution >= 4 is 33.1 Å². The molecule has 0 radical (unpaired) electrons. The van der Waals surface area contributed by atoms with Crippen LogP contribution in [0.1, 0.15) is 27.5 Å². The van der Waals surface area contributed by atoms with Gasteiger partial charge in [-0.05, 0) is 31.0 Å². The lowest BCUT2D eigenvalue weighted by molar-refractivity contribution is 0.0956. The Kier molecular flexibility index (Phi) is 4.44. The first-order chi connectivity index (χ1) is 13.1. The number of carbonyl (C=O) groups excluding carboxylic acids is 1. The van der Waals surface area contributed by atoms with Crippen LogP contribution in [0.2, 0.25) is 0 Å². The first-order valence-corrected chi connectivity index (χ1v) is 9.39. The third-order valence-electron chi connectivity index (χ3n) is 4.46. The Labute approximate surface area is 158 Å². The fourth-order valence-corrected chi connectivity index (χ4v) is 4.07. The van der Waals surface area contributed by atoms with Crippen LogP contribution >= 0.6 is 11.3 Å². The highest BCUT2D eigenvalue weighted by Gasteiger charge is 2.18. The molecule has 0 saturated carbocycles. The second kappa shape index (κ2) is 6.92. The smallest absolute Gasteiger partial charge is 0.262 e. The Balaban J connectivity index is 1.43. The Morgan fingerprint density at radius 1 is 1.30 bits per heavy atom. The van der Waals surface area contributed by atoms with Crippen molar-refractivity contribution in [3.63, 3.8) is 0 Å². The highest BCUT2D eigenvalue weighted by molar-refractivity contribution is 7.20. The molecule has 0 unspecified atom stereocenters. The van der Waals surface area contributed by atoms with E-state index in [9.17, 15) is 9.59 Å². The van der Waals surface area contributed by atoms with Crippen LogP contribution in [0.3, 0.4) is 0 Å². The molecule has 27 heavy (non-hydrogen) atoms. The summed E-state index contributed by atoms with van der Waals surface area (Å²) in [7, 11) is 1.65. The number of amides is 1. The molecule has 4 heterocycles. The van der Waals surface area contributed by atoms with E-state index in [4.69, 9.17) is 0 Å². The van der Waals surface area contributed by atoms with Crippen molar-refractivity contribution in [2.24, 2.45) is 7.05 Å². The first-order valence-electron chi connectivity index (χ1n) is 8.58. The predicted octanol–water partition coefficient (Wildman–Crippen LogP) is 1.71. The van der Waals surface area contributed by atoms with Gasteiger partial charge in [0.25, 0.3) is 11.5 Å². The highest BCUT2D eigenvalue weighted by atomic mass is 32.1. The minimum Gasteiger partial charge on any atom is -0.351 e. The van der Waals surface area contributed by atoms with Gasteiger partial charge in [0.05, 0.1) is 16.6 Å². The lowest BCUT2D eigenvalue weighted by atomic mass is 10.2. The maximum atomic E-state index is 12.5. The normalized spacial score (nSPS) is 11.3. The molecular formula is C18H18N6O2S. The summed E-state index contributed by atoms with van der Waals surface area (Å²) >= 11 is 1.25. The number of thiophene rings is 1. The van der Waals surface area contributed by atoms with Crippen molar-refractivity contribution in [2.45, 2.75) is 19.8 Å². The molecule has 4 rings (SSSR count). The predicted molar refractivity (Wildman–Crippen MR) is 103 cm³/mol. The fourth-order valence-electron chi connectivity index (χ4n) is 3.02. The third kappa shape index (κ3) is 3.10. The van der Waals surface area contributed by atoms with Crippen molar-refractivity contribution in [1.82, 2.24) is 29.5 Å². The summed E-state index contributed by atoms with van der Waals surface area (Å²) < 4.78 is 3.37. The van der Waals surface area contributed by atoms with E-state index in [-0.39, 0.29) is 11.5 Å². The van der Waals surface area contributed by atoms with Gasteiger partial charge in [-0.3, -0.25) is 14.0 Å². The van der Waals surface area contributed by atoms with Crippen LogP contribution in [0.5, 0.6) is 0 Å². The summed E-state index contributed by atoms with van der Waals surface area (Å²) in [6.07, 6.45) is 4.85. The number of rotatable bonds is 5. The number of carbonyl (C=O) groups is 1. The van der Waals surface area contributed by atoms with Gasteiger partial charge in [-0.2, -0.15) is 0 Å². The summed E-state index contributed by atoms with van der Waals surface area (Å²) in [5.41, 5.74) is 1.36. The van der Waals surface area contributed by atoms with Gasteiger partial charge in [0, 0.05) is 26.2 Å². The average molecular weight is 382 g/mol. The number of aromatic nitrogens is 5. The number of aryl methyl sites for hydroxylation is 3. The third-order valence-corrected chi connectivity index (χ3v) is 5.66. The zero-order chi connectivity index (χ0) is 19.0. The Hall–Kier alpha value is -3.07. The summed E-state index contributed by atoms with van der Waals surface area (Å²) in [6.45, 7) is 2.30. The molecule has 8 nitrogen and oxygen atoms in total. The van der Waals surface area contributed by atoms with Crippen LogP contribution in [-0.4, -0.2) is 36.6 Å². The van der Waals surface area contributed by atoms with Gasteiger partial charge in [0.1, 0.15) is 10.7 Å². The molecule has 4 aromatic heterocycles. The first kappa shape index (κ1) is 17.3. The largest absolute Gasteiger partial charge is 0.351 e. The van der Waals surface area contributed by atoms with E-state index in [2.05, 4.69) is 20.5 Å². The van der Waals surface area contributed by atoms with E-state index < -0.39 is 0 Å². The minimum absolute atomic E-state index is 0.133. The van der Waals surface area contributed by atoms with Gasteiger partial charge in [-0.15, -0.1) is 21.5 Å². The van der Waals surface area contributed by atoms with E-state index in [1.54, 1.807) is 14.0 Å². The van der Waals surface area contributed by atoms with Crippen molar-refractivity contribution in [3.8, 4) is 0 Å². The molecule has 0 aliphatic carbocycles. The summed E-state index contributed by atoms with van der Waals surface area (Å²) in [5.74, 6) is 0.689. The van der Waals surface area contributed by atoms with Gasteiger partial charge in [-0.1, -0.05) is 6.07 Å². The standard InChI is InChI=1S/C18H18N6O2S/c1-11-14-17(20-10-23(2)18(14)26)27-15(11)16(25)19-8-5-7-13-22-21-12-6-3-4-9-24(12)13/h3-4,6,9-10H,5,7-8H2,1-2H3,(H,19,25). The van der Waals surface area contributed by atoms with Crippen molar-refractivity contribution in [3.05, 3.63) is 57.3 Å². The maximum Gasteiger partial charge on any atom is 0.262 e. The highest BCUT2D eigenvalue weighted by Crippen LogP contribution is 2.26. The van der Waals surface area contributed by atoms with Crippen LogP contribution < -0.4 is 10.9 Å². The lowest BCUT2D eigenvalue weighted by Gasteiger charge is -2.04. The molecule has 0 aliphatic rings. The Bertz CT molecular complexity index is 1210. The van der Waals surface area contributed by atoms with Crippen LogP contribution in [0.25, 0.3) is 15.9 Å². The lowest BCUT2D eigenvalue weighted by Crippen LogP contribution is -2.25. The Morgan fingerprint density at radius 3 is 3.00 bits per heavy atom. The molecule has 0 spiro atoms. The molecule has 0 bridgehead atoms. The van der Waals surface area contributed by atoms with Crippen LogP contribution in [0, 0.1) is 6.92 Å². The molecule has 0 atom stereocenters. The van der Waals surface area contributed by atoms with E-state index in [0.29, 0.717) is 33.6 Å². The van der Waals surface area contributed by atoms with E-state index in [0.717, 1.165) is 17.9 Å². The Morgan fingerprint density at radius 2 is 2.15 bits per heavy atom. The van der Waals surface area contributed by atoms with Gasteiger partial charge in [-0.25, -0.2) is 4.98 Å². The summed E-state index contributed by atoms with van der Waals surface area (Å²) in [6, 6.07) is 5.76. The van der Waals surface area contributed by atoms with Crippen molar-refractivity contribution in [1.29, 1.82) is 0 Å². The summed E-state index contributed by atoms with van der Waals surface area (Å²) in [5, 5.41) is 11.7.